The number of ether oxygens (including phenoxy) is 2. The molecule has 5 nitrogen and oxygen atoms in total. The first-order valence-corrected chi connectivity index (χ1v) is 5.26. The average molecular weight is 260 g/mol. The zero-order valence-corrected chi connectivity index (χ0v) is 10.3. The van der Waals surface area contributed by atoms with Crippen molar-refractivity contribution in [2.45, 2.75) is 12.5 Å². The summed E-state index contributed by atoms with van der Waals surface area (Å²) in [5, 5.41) is 9.04. The maximum atomic E-state index is 10.6. The predicted molar refractivity (Wildman–Crippen MR) is 63.7 cm³/mol. The summed E-state index contributed by atoms with van der Waals surface area (Å²) in [5.41, 5.74) is 6.27. The normalized spacial score (nSPS) is 12.0. The van der Waals surface area contributed by atoms with Crippen molar-refractivity contribution in [3.8, 4) is 11.5 Å². The highest BCUT2D eigenvalue weighted by Gasteiger charge is 2.17. The molecule has 1 rings (SSSR count). The van der Waals surface area contributed by atoms with Crippen LogP contribution >= 0.6 is 11.6 Å². The number of carbonyl (C=O) groups is 1. The highest BCUT2D eigenvalue weighted by molar-refractivity contribution is 6.31. The van der Waals surface area contributed by atoms with Crippen LogP contribution in [0.3, 0.4) is 0 Å². The van der Waals surface area contributed by atoms with Gasteiger partial charge in [-0.2, -0.15) is 0 Å². The van der Waals surface area contributed by atoms with E-state index < -0.39 is 12.0 Å². The second kappa shape index (κ2) is 5.75. The average Bonchev–Trinajstić information content (AvgIpc) is 2.27. The Kier molecular flexibility index (Phi) is 4.60. The topological polar surface area (TPSA) is 81.8 Å². The molecule has 0 bridgehead atoms. The first-order chi connectivity index (χ1) is 7.99. The van der Waals surface area contributed by atoms with E-state index in [1.807, 2.05) is 0 Å². The highest BCUT2D eigenvalue weighted by Crippen LogP contribution is 2.35. The Balaban J connectivity index is 3.11. The molecular formula is C11H14ClNO4. The molecule has 1 aromatic carbocycles. The molecule has 1 aromatic rings. The molecule has 0 saturated heterocycles. The number of halogens is 1. The fourth-order valence-electron chi connectivity index (χ4n) is 1.45. The minimum absolute atomic E-state index is 0.199. The number of carboxylic acid groups (broad SMARTS) is 1. The van der Waals surface area contributed by atoms with Gasteiger partial charge in [-0.15, -0.1) is 0 Å². The Bertz CT molecular complexity index is 422. The summed E-state index contributed by atoms with van der Waals surface area (Å²) in [7, 11) is 2.98. The van der Waals surface area contributed by atoms with Crippen LogP contribution in [0, 0.1) is 0 Å². The maximum Gasteiger partial charge on any atom is 0.305 e. The molecule has 17 heavy (non-hydrogen) atoms. The van der Waals surface area contributed by atoms with Crippen LogP contribution in [0.2, 0.25) is 5.02 Å². The standard InChI is InChI=1S/C11H14ClNO4/c1-16-9-3-6(8(13)5-11(14)15)7(12)4-10(9)17-2/h3-4,8H,5,13H2,1-2H3,(H,14,15). The Morgan fingerprint density at radius 2 is 1.94 bits per heavy atom. The van der Waals surface area contributed by atoms with Gasteiger partial charge in [0, 0.05) is 17.1 Å². The monoisotopic (exact) mass is 259 g/mol. The molecular weight excluding hydrogens is 246 g/mol. The molecule has 0 amide bonds. The van der Waals surface area contributed by atoms with Crippen LogP contribution in [0.5, 0.6) is 11.5 Å². The number of carboxylic acids is 1. The molecule has 0 aliphatic rings. The lowest BCUT2D eigenvalue weighted by atomic mass is 10.0. The zero-order valence-electron chi connectivity index (χ0n) is 9.57. The van der Waals surface area contributed by atoms with Gasteiger partial charge in [-0.3, -0.25) is 4.79 Å². The van der Waals surface area contributed by atoms with Gasteiger partial charge in [0.1, 0.15) is 0 Å². The fourth-order valence-corrected chi connectivity index (χ4v) is 1.75. The van der Waals surface area contributed by atoms with Gasteiger partial charge in [-0.1, -0.05) is 11.6 Å². The molecule has 0 fully saturated rings. The number of aliphatic carboxylic acids is 1. The quantitative estimate of drug-likeness (QED) is 0.843. The molecule has 1 unspecified atom stereocenters. The summed E-state index contributed by atoms with van der Waals surface area (Å²) in [6, 6.07) is 2.46. The fraction of sp³-hybridized carbons (Fsp3) is 0.364. The SMILES string of the molecule is COc1cc(Cl)c(C(N)CC(=O)O)cc1OC. The van der Waals surface area contributed by atoms with Crippen LogP contribution in [0.25, 0.3) is 0 Å². The van der Waals surface area contributed by atoms with E-state index in [4.69, 9.17) is 31.9 Å². The third kappa shape index (κ3) is 3.25. The van der Waals surface area contributed by atoms with E-state index in [0.29, 0.717) is 22.1 Å². The third-order valence-corrected chi connectivity index (χ3v) is 2.62. The van der Waals surface area contributed by atoms with Crippen LogP contribution in [-0.2, 0) is 4.79 Å². The number of nitrogens with two attached hydrogens (primary N) is 1. The molecule has 3 N–H and O–H groups in total. The van der Waals surface area contributed by atoms with Crippen LogP contribution in [0.1, 0.15) is 18.0 Å². The van der Waals surface area contributed by atoms with Crippen LogP contribution in [-0.4, -0.2) is 25.3 Å². The van der Waals surface area contributed by atoms with Crippen molar-refractivity contribution in [2.75, 3.05) is 14.2 Å². The molecule has 0 aliphatic heterocycles. The van der Waals surface area contributed by atoms with E-state index in [9.17, 15) is 4.79 Å². The molecule has 6 heteroatoms. The minimum Gasteiger partial charge on any atom is -0.493 e. The second-order valence-corrected chi connectivity index (χ2v) is 3.84. The van der Waals surface area contributed by atoms with Crippen molar-refractivity contribution >= 4 is 17.6 Å². The largest absolute Gasteiger partial charge is 0.493 e. The van der Waals surface area contributed by atoms with Gasteiger partial charge < -0.3 is 20.3 Å². The van der Waals surface area contributed by atoms with Crippen LogP contribution < -0.4 is 15.2 Å². The smallest absolute Gasteiger partial charge is 0.305 e. The summed E-state index contributed by atoms with van der Waals surface area (Å²) in [5.74, 6) is -0.0418. The highest BCUT2D eigenvalue weighted by atomic mass is 35.5. The summed E-state index contributed by atoms with van der Waals surface area (Å²) in [6.45, 7) is 0. The first-order valence-electron chi connectivity index (χ1n) is 4.88. The van der Waals surface area contributed by atoms with Gasteiger partial charge in [-0.25, -0.2) is 0 Å². The molecule has 0 spiro atoms. The van der Waals surface area contributed by atoms with Gasteiger partial charge >= 0.3 is 5.97 Å². The van der Waals surface area contributed by atoms with E-state index in [0.717, 1.165) is 0 Å². The Labute approximate surface area is 104 Å². The summed E-state index contributed by atoms with van der Waals surface area (Å²) in [4.78, 5) is 10.6. The van der Waals surface area contributed by atoms with E-state index in [1.54, 1.807) is 12.1 Å². The van der Waals surface area contributed by atoms with Crippen molar-refractivity contribution in [1.82, 2.24) is 0 Å². The van der Waals surface area contributed by atoms with Gasteiger partial charge in [0.15, 0.2) is 11.5 Å². The number of hydrogen-bond donors (Lipinski definition) is 2. The number of methoxy groups -OCH3 is 2. The predicted octanol–water partition coefficient (Wildman–Crippen LogP) is 1.83. The Morgan fingerprint density at radius 1 is 1.41 bits per heavy atom. The molecule has 1 atom stereocenters. The van der Waals surface area contributed by atoms with Gasteiger partial charge in [-0.05, 0) is 11.6 Å². The molecule has 0 radical (unpaired) electrons. The van der Waals surface area contributed by atoms with Crippen molar-refractivity contribution in [3.05, 3.63) is 22.7 Å². The summed E-state index contributed by atoms with van der Waals surface area (Å²) >= 11 is 6.01. The summed E-state index contributed by atoms with van der Waals surface area (Å²) in [6.07, 6.45) is -0.199. The maximum absolute atomic E-state index is 10.6. The minimum atomic E-state index is -0.983. The van der Waals surface area contributed by atoms with Crippen molar-refractivity contribution in [2.24, 2.45) is 5.73 Å². The van der Waals surface area contributed by atoms with E-state index >= 15 is 0 Å². The number of rotatable bonds is 5. The number of benzene rings is 1. The molecule has 0 aliphatic carbocycles. The van der Waals surface area contributed by atoms with Crippen LogP contribution in [0.4, 0.5) is 0 Å². The van der Waals surface area contributed by atoms with Crippen molar-refractivity contribution in [1.29, 1.82) is 0 Å². The Morgan fingerprint density at radius 3 is 2.41 bits per heavy atom. The van der Waals surface area contributed by atoms with Gasteiger partial charge in [0.25, 0.3) is 0 Å². The number of hydrogen-bond acceptors (Lipinski definition) is 4. The lowest BCUT2D eigenvalue weighted by molar-refractivity contribution is -0.137. The Hall–Kier alpha value is -1.46. The van der Waals surface area contributed by atoms with E-state index in [-0.39, 0.29) is 6.42 Å². The lowest BCUT2D eigenvalue weighted by Crippen LogP contribution is -2.15. The molecule has 0 heterocycles. The first kappa shape index (κ1) is 13.6. The van der Waals surface area contributed by atoms with Gasteiger partial charge in [0.2, 0.25) is 0 Å². The van der Waals surface area contributed by atoms with E-state index in [1.165, 1.54) is 14.2 Å². The third-order valence-electron chi connectivity index (χ3n) is 2.30. The van der Waals surface area contributed by atoms with Gasteiger partial charge in [0.05, 0.1) is 20.6 Å². The molecule has 94 valence electrons. The van der Waals surface area contributed by atoms with E-state index in [2.05, 4.69) is 0 Å². The molecule has 0 saturated carbocycles. The van der Waals surface area contributed by atoms with Crippen molar-refractivity contribution < 1.29 is 19.4 Å². The summed E-state index contributed by atoms with van der Waals surface area (Å²) < 4.78 is 10.2. The molecule has 0 aromatic heterocycles. The lowest BCUT2D eigenvalue weighted by Gasteiger charge is -2.15. The second-order valence-electron chi connectivity index (χ2n) is 3.43. The van der Waals surface area contributed by atoms with Crippen molar-refractivity contribution in [3.63, 3.8) is 0 Å². The van der Waals surface area contributed by atoms with Crippen LogP contribution in [0.15, 0.2) is 12.1 Å². The zero-order chi connectivity index (χ0) is 13.0.